The van der Waals surface area contributed by atoms with Crippen LogP contribution in [0.5, 0.6) is 0 Å². The first-order valence-electron chi connectivity index (χ1n) is 11.5. The highest BCUT2D eigenvalue weighted by atomic mass is 16.5. The second kappa shape index (κ2) is 10.5. The van der Waals surface area contributed by atoms with Gasteiger partial charge in [-0.05, 0) is 47.6 Å². The predicted octanol–water partition coefficient (Wildman–Crippen LogP) is 4.09. The van der Waals surface area contributed by atoms with Gasteiger partial charge < -0.3 is 20.1 Å². The van der Waals surface area contributed by atoms with Crippen molar-refractivity contribution in [2.24, 2.45) is 0 Å². The van der Waals surface area contributed by atoms with Crippen molar-refractivity contribution in [2.75, 3.05) is 26.3 Å². The largest absolute Gasteiger partial charge is 0.450 e. The van der Waals surface area contributed by atoms with Gasteiger partial charge in [-0.2, -0.15) is 0 Å². The lowest BCUT2D eigenvalue weighted by Crippen LogP contribution is -2.44. The Morgan fingerprint density at radius 3 is 2.12 bits per heavy atom. The second-order valence-corrected chi connectivity index (χ2v) is 8.32. The van der Waals surface area contributed by atoms with Crippen LogP contribution < -0.4 is 5.32 Å². The Kier molecular flexibility index (Phi) is 7.25. The highest BCUT2D eigenvalue weighted by molar-refractivity contribution is 5.95. The SMILES string of the molecule is CCOC(=O)NC(CO)CC(=O)N1CCC(=C2c3ccccc3C=Cc3ccccc32)CC1. The fraction of sp³-hybridized carbons (Fsp3) is 0.333. The highest BCUT2D eigenvalue weighted by Crippen LogP contribution is 2.38. The number of carbonyl (C=O) groups excluding carboxylic acids is 2. The number of piperidine rings is 1. The minimum Gasteiger partial charge on any atom is -0.450 e. The zero-order valence-corrected chi connectivity index (χ0v) is 18.9. The summed E-state index contributed by atoms with van der Waals surface area (Å²) in [6, 6.07) is 16.3. The molecule has 2 aromatic rings. The maximum absolute atomic E-state index is 12.8. The van der Waals surface area contributed by atoms with E-state index in [4.69, 9.17) is 4.74 Å². The quantitative estimate of drug-likeness (QED) is 0.619. The van der Waals surface area contributed by atoms with Gasteiger partial charge in [0.25, 0.3) is 0 Å². The molecule has 33 heavy (non-hydrogen) atoms. The Bertz CT molecular complexity index is 1030. The molecule has 1 aliphatic carbocycles. The number of alkyl carbamates (subject to hydrolysis) is 1. The van der Waals surface area contributed by atoms with Gasteiger partial charge in [-0.25, -0.2) is 4.79 Å². The summed E-state index contributed by atoms with van der Waals surface area (Å²) < 4.78 is 4.85. The number of ether oxygens (including phenoxy) is 1. The molecule has 0 bridgehead atoms. The van der Waals surface area contributed by atoms with Gasteiger partial charge in [-0.1, -0.05) is 66.3 Å². The summed E-state index contributed by atoms with van der Waals surface area (Å²) in [6.45, 7) is 2.87. The van der Waals surface area contributed by atoms with Crippen LogP contribution in [0.2, 0.25) is 0 Å². The third-order valence-electron chi connectivity index (χ3n) is 6.21. The van der Waals surface area contributed by atoms with Crippen LogP contribution in [0.25, 0.3) is 17.7 Å². The highest BCUT2D eigenvalue weighted by Gasteiger charge is 2.26. The number of hydrogen-bond acceptors (Lipinski definition) is 4. The first-order chi connectivity index (χ1) is 16.1. The fourth-order valence-corrected chi connectivity index (χ4v) is 4.56. The lowest BCUT2D eigenvalue weighted by atomic mass is 9.86. The second-order valence-electron chi connectivity index (χ2n) is 8.32. The van der Waals surface area contributed by atoms with Gasteiger partial charge in [0.1, 0.15) is 0 Å². The molecule has 0 radical (unpaired) electrons. The van der Waals surface area contributed by atoms with Gasteiger partial charge in [-0.15, -0.1) is 0 Å². The molecule has 1 atom stereocenters. The number of hydrogen-bond donors (Lipinski definition) is 2. The normalized spacial score (nSPS) is 15.9. The van der Waals surface area contributed by atoms with E-state index < -0.39 is 12.1 Å². The molecule has 1 fully saturated rings. The Hall–Kier alpha value is -3.38. The number of nitrogens with one attached hydrogen (secondary N) is 1. The number of benzene rings is 2. The summed E-state index contributed by atoms with van der Waals surface area (Å²) in [5, 5.41) is 12.1. The molecule has 4 rings (SSSR count). The number of aliphatic hydroxyl groups excluding tert-OH is 1. The maximum atomic E-state index is 12.8. The predicted molar refractivity (Wildman–Crippen MR) is 129 cm³/mol. The van der Waals surface area contributed by atoms with Crippen molar-refractivity contribution in [3.63, 3.8) is 0 Å². The molecule has 1 unspecified atom stereocenters. The van der Waals surface area contributed by atoms with E-state index >= 15 is 0 Å². The molecule has 1 aliphatic heterocycles. The molecular formula is C27H30N2O4. The standard InChI is InChI=1S/C27H30N2O4/c1-2-33-27(32)28-22(18-30)17-25(31)29-15-13-21(14-16-29)26-23-9-5-3-7-19(23)11-12-20-8-4-6-10-24(20)26/h3-12,22,30H,2,13-18H2,1H3,(H,28,32). The number of carbonyl (C=O) groups is 2. The summed E-state index contributed by atoms with van der Waals surface area (Å²) in [5.74, 6) is -0.0711. The molecule has 0 saturated carbocycles. The molecule has 6 heteroatoms. The van der Waals surface area contributed by atoms with Crippen molar-refractivity contribution in [1.29, 1.82) is 0 Å². The molecular weight excluding hydrogens is 416 g/mol. The van der Waals surface area contributed by atoms with Gasteiger partial charge in [-0.3, -0.25) is 4.79 Å². The third kappa shape index (κ3) is 5.17. The summed E-state index contributed by atoms with van der Waals surface area (Å²) in [7, 11) is 0. The fourth-order valence-electron chi connectivity index (χ4n) is 4.56. The number of aliphatic hydroxyl groups is 1. The van der Waals surface area contributed by atoms with Crippen molar-refractivity contribution in [3.8, 4) is 0 Å². The van der Waals surface area contributed by atoms with Crippen LogP contribution in [0.4, 0.5) is 4.79 Å². The molecule has 2 aliphatic rings. The minimum absolute atomic E-state index is 0.0524. The Morgan fingerprint density at radius 1 is 1.00 bits per heavy atom. The molecule has 2 amide bonds. The molecule has 0 spiro atoms. The molecule has 1 heterocycles. The van der Waals surface area contributed by atoms with Gasteiger partial charge >= 0.3 is 6.09 Å². The van der Waals surface area contributed by atoms with Crippen molar-refractivity contribution >= 4 is 29.7 Å². The number of likely N-dealkylation sites (tertiary alicyclic amines) is 1. The van der Waals surface area contributed by atoms with E-state index in [0.717, 1.165) is 12.8 Å². The number of nitrogens with zero attached hydrogens (tertiary/aromatic N) is 1. The first kappa shape index (κ1) is 22.8. The molecule has 2 aromatic carbocycles. The molecule has 172 valence electrons. The zero-order valence-electron chi connectivity index (χ0n) is 18.9. The Labute approximate surface area is 194 Å². The van der Waals surface area contributed by atoms with E-state index in [0.29, 0.717) is 13.1 Å². The van der Waals surface area contributed by atoms with E-state index in [1.54, 1.807) is 6.92 Å². The smallest absolute Gasteiger partial charge is 0.407 e. The number of amides is 2. The molecule has 6 nitrogen and oxygen atoms in total. The van der Waals surface area contributed by atoms with E-state index in [-0.39, 0.29) is 25.5 Å². The lowest BCUT2D eigenvalue weighted by molar-refractivity contribution is -0.132. The van der Waals surface area contributed by atoms with E-state index in [1.807, 2.05) is 4.90 Å². The number of fused-ring (bicyclic) bond motifs is 2. The van der Waals surface area contributed by atoms with E-state index in [1.165, 1.54) is 33.4 Å². The van der Waals surface area contributed by atoms with Crippen LogP contribution in [0.15, 0.2) is 54.1 Å². The molecule has 0 aromatic heterocycles. The van der Waals surface area contributed by atoms with Gasteiger partial charge in [0.15, 0.2) is 0 Å². The summed E-state index contributed by atoms with van der Waals surface area (Å²) in [4.78, 5) is 26.3. The van der Waals surface area contributed by atoms with Crippen molar-refractivity contribution in [2.45, 2.75) is 32.2 Å². The zero-order chi connectivity index (χ0) is 23.2. The first-order valence-corrected chi connectivity index (χ1v) is 11.5. The average Bonchev–Trinajstić information content (AvgIpc) is 3.01. The molecule has 2 N–H and O–H groups in total. The van der Waals surface area contributed by atoms with Crippen molar-refractivity contribution in [3.05, 3.63) is 76.4 Å². The van der Waals surface area contributed by atoms with Crippen LogP contribution in [-0.2, 0) is 9.53 Å². The maximum Gasteiger partial charge on any atom is 0.407 e. The summed E-state index contributed by atoms with van der Waals surface area (Å²) in [5.41, 5.74) is 7.48. The lowest BCUT2D eigenvalue weighted by Gasteiger charge is -2.31. The van der Waals surface area contributed by atoms with E-state index in [9.17, 15) is 14.7 Å². The van der Waals surface area contributed by atoms with Gasteiger partial charge in [0.05, 0.1) is 19.3 Å². The molecule has 1 saturated heterocycles. The Morgan fingerprint density at radius 2 is 1.58 bits per heavy atom. The topological polar surface area (TPSA) is 78.9 Å². The monoisotopic (exact) mass is 446 g/mol. The van der Waals surface area contributed by atoms with Gasteiger partial charge in [0, 0.05) is 19.5 Å². The van der Waals surface area contributed by atoms with E-state index in [2.05, 4.69) is 66.0 Å². The summed E-state index contributed by atoms with van der Waals surface area (Å²) in [6.07, 6.45) is 5.36. The van der Waals surface area contributed by atoms with Crippen LogP contribution in [0.3, 0.4) is 0 Å². The Balaban J connectivity index is 1.51. The third-order valence-corrected chi connectivity index (χ3v) is 6.21. The minimum atomic E-state index is -0.650. The van der Waals surface area contributed by atoms with Crippen LogP contribution in [0, 0.1) is 0 Å². The van der Waals surface area contributed by atoms with Crippen LogP contribution in [-0.4, -0.2) is 54.4 Å². The summed E-state index contributed by atoms with van der Waals surface area (Å²) >= 11 is 0. The van der Waals surface area contributed by atoms with Gasteiger partial charge in [0.2, 0.25) is 5.91 Å². The average molecular weight is 447 g/mol. The van der Waals surface area contributed by atoms with Crippen LogP contribution in [0.1, 0.15) is 48.4 Å². The van der Waals surface area contributed by atoms with Crippen molar-refractivity contribution < 1.29 is 19.4 Å². The number of rotatable bonds is 5. The van der Waals surface area contributed by atoms with Crippen molar-refractivity contribution in [1.82, 2.24) is 10.2 Å². The van der Waals surface area contributed by atoms with Crippen LogP contribution >= 0.6 is 0 Å².